The molecule has 0 radical (unpaired) electrons. The number of likely N-dealkylation sites (N-methyl/N-ethyl adjacent to an activating group) is 1. The van der Waals surface area contributed by atoms with Crippen molar-refractivity contribution >= 4 is 5.97 Å². The molecule has 0 saturated carbocycles. The molecule has 0 bridgehead atoms. The predicted molar refractivity (Wildman–Crippen MR) is 75.0 cm³/mol. The van der Waals surface area contributed by atoms with Crippen molar-refractivity contribution in [2.24, 2.45) is 0 Å². The highest BCUT2D eigenvalue weighted by atomic mass is 16.4. The fraction of sp³-hybridized carbons (Fsp3) is 0.533. The minimum Gasteiger partial charge on any atom is -0.481 e. The summed E-state index contributed by atoms with van der Waals surface area (Å²) in [7, 11) is 2.02. The highest BCUT2D eigenvalue weighted by Crippen LogP contribution is 2.18. The van der Waals surface area contributed by atoms with Crippen LogP contribution in [0.1, 0.15) is 18.9 Å². The summed E-state index contributed by atoms with van der Waals surface area (Å²) >= 11 is 0. The Bertz CT molecular complexity index is 421. The third-order valence-electron chi connectivity index (χ3n) is 3.88. The van der Waals surface area contributed by atoms with Crippen molar-refractivity contribution in [3.8, 4) is 0 Å². The molecule has 104 valence electrons. The highest BCUT2D eigenvalue weighted by molar-refractivity contribution is 5.67. The Labute approximate surface area is 114 Å². The van der Waals surface area contributed by atoms with Crippen molar-refractivity contribution in [2.75, 3.05) is 20.1 Å². The number of carboxylic acids is 1. The second-order valence-corrected chi connectivity index (χ2v) is 5.46. The molecule has 0 unspecified atom stereocenters. The van der Waals surface area contributed by atoms with E-state index < -0.39 is 5.97 Å². The fourth-order valence-corrected chi connectivity index (χ4v) is 2.73. The SMILES string of the molecule is C[C@@H]1CN(C)[C@@H](CC(=O)O)CN1Cc1ccccc1. The van der Waals surface area contributed by atoms with Crippen LogP contribution in [0.5, 0.6) is 0 Å². The molecule has 1 fully saturated rings. The highest BCUT2D eigenvalue weighted by Gasteiger charge is 2.30. The van der Waals surface area contributed by atoms with Gasteiger partial charge in [-0.15, -0.1) is 0 Å². The molecule has 2 rings (SSSR count). The Kier molecular flexibility index (Phi) is 4.56. The van der Waals surface area contributed by atoms with Crippen LogP contribution in [0.15, 0.2) is 30.3 Å². The first kappa shape index (κ1) is 14.0. The van der Waals surface area contributed by atoms with Crippen LogP contribution >= 0.6 is 0 Å². The van der Waals surface area contributed by atoms with Crippen LogP contribution in [0.2, 0.25) is 0 Å². The Hall–Kier alpha value is -1.39. The molecule has 1 saturated heterocycles. The van der Waals surface area contributed by atoms with E-state index in [0.717, 1.165) is 19.6 Å². The van der Waals surface area contributed by atoms with Crippen LogP contribution in [0.25, 0.3) is 0 Å². The van der Waals surface area contributed by atoms with E-state index in [1.165, 1.54) is 5.56 Å². The van der Waals surface area contributed by atoms with Gasteiger partial charge in [-0.25, -0.2) is 0 Å². The quantitative estimate of drug-likeness (QED) is 0.896. The van der Waals surface area contributed by atoms with Gasteiger partial charge in [-0.05, 0) is 19.5 Å². The first-order valence-corrected chi connectivity index (χ1v) is 6.76. The van der Waals surface area contributed by atoms with E-state index in [1.54, 1.807) is 0 Å². The minimum atomic E-state index is -0.717. The molecule has 0 amide bonds. The second-order valence-electron chi connectivity index (χ2n) is 5.46. The zero-order valence-electron chi connectivity index (χ0n) is 11.6. The van der Waals surface area contributed by atoms with Crippen LogP contribution in [-0.4, -0.2) is 53.1 Å². The van der Waals surface area contributed by atoms with Gasteiger partial charge in [0.15, 0.2) is 0 Å². The summed E-state index contributed by atoms with van der Waals surface area (Å²) < 4.78 is 0. The van der Waals surface area contributed by atoms with Gasteiger partial charge in [-0.1, -0.05) is 30.3 Å². The van der Waals surface area contributed by atoms with Gasteiger partial charge >= 0.3 is 5.97 Å². The molecule has 2 atom stereocenters. The molecule has 1 heterocycles. The molecular weight excluding hydrogens is 240 g/mol. The third kappa shape index (κ3) is 3.78. The summed E-state index contributed by atoms with van der Waals surface area (Å²) in [5.41, 5.74) is 1.29. The number of piperazine rings is 1. The Morgan fingerprint density at radius 1 is 1.32 bits per heavy atom. The smallest absolute Gasteiger partial charge is 0.304 e. The fourth-order valence-electron chi connectivity index (χ4n) is 2.73. The molecule has 1 aliphatic heterocycles. The van der Waals surface area contributed by atoms with Gasteiger partial charge in [0.05, 0.1) is 6.42 Å². The molecule has 1 aliphatic rings. The van der Waals surface area contributed by atoms with Crippen LogP contribution in [0.4, 0.5) is 0 Å². The Morgan fingerprint density at radius 2 is 2.00 bits per heavy atom. The van der Waals surface area contributed by atoms with Crippen LogP contribution in [0, 0.1) is 0 Å². The lowest BCUT2D eigenvalue weighted by Crippen LogP contribution is -2.55. The molecule has 0 spiro atoms. The summed E-state index contributed by atoms with van der Waals surface area (Å²) in [4.78, 5) is 15.5. The Morgan fingerprint density at radius 3 is 2.63 bits per heavy atom. The standard InChI is InChI=1S/C15H22N2O2/c1-12-9-16(2)14(8-15(18)19)11-17(12)10-13-6-4-3-5-7-13/h3-7,12,14H,8-11H2,1-2H3,(H,18,19)/t12-,14+/m1/s1. The van der Waals surface area contributed by atoms with E-state index >= 15 is 0 Å². The van der Waals surface area contributed by atoms with E-state index in [-0.39, 0.29) is 12.5 Å². The molecular formula is C15H22N2O2. The largest absolute Gasteiger partial charge is 0.481 e. The van der Waals surface area contributed by atoms with E-state index in [9.17, 15) is 4.79 Å². The van der Waals surface area contributed by atoms with Crippen molar-refractivity contribution < 1.29 is 9.90 Å². The summed E-state index contributed by atoms with van der Waals surface area (Å²) in [6, 6.07) is 10.9. The number of nitrogens with zero attached hydrogens (tertiary/aromatic N) is 2. The Balaban J connectivity index is 2.01. The molecule has 0 aromatic heterocycles. The second kappa shape index (κ2) is 6.17. The normalized spacial score (nSPS) is 25.4. The van der Waals surface area contributed by atoms with Gasteiger partial charge in [0.1, 0.15) is 0 Å². The zero-order chi connectivity index (χ0) is 13.8. The van der Waals surface area contributed by atoms with Gasteiger partial charge in [-0.3, -0.25) is 9.69 Å². The summed E-state index contributed by atoms with van der Waals surface area (Å²) in [5, 5.41) is 8.98. The molecule has 0 aliphatic carbocycles. The summed E-state index contributed by atoms with van der Waals surface area (Å²) in [5.74, 6) is -0.717. The average molecular weight is 262 g/mol. The number of rotatable bonds is 4. The van der Waals surface area contributed by atoms with Gasteiger partial charge in [-0.2, -0.15) is 0 Å². The van der Waals surface area contributed by atoms with E-state index in [4.69, 9.17) is 5.11 Å². The average Bonchev–Trinajstić information content (AvgIpc) is 2.36. The lowest BCUT2D eigenvalue weighted by molar-refractivity contribution is -0.139. The van der Waals surface area contributed by atoms with E-state index in [2.05, 4.69) is 28.9 Å². The molecule has 4 heteroatoms. The maximum Gasteiger partial charge on any atom is 0.304 e. The van der Waals surface area contributed by atoms with Gasteiger partial charge in [0, 0.05) is 31.7 Å². The van der Waals surface area contributed by atoms with Crippen molar-refractivity contribution in [2.45, 2.75) is 32.0 Å². The van der Waals surface area contributed by atoms with Crippen molar-refractivity contribution in [3.05, 3.63) is 35.9 Å². The molecule has 1 aromatic rings. The zero-order valence-corrected chi connectivity index (χ0v) is 11.6. The number of aliphatic carboxylic acids is 1. The van der Waals surface area contributed by atoms with Crippen LogP contribution in [-0.2, 0) is 11.3 Å². The van der Waals surface area contributed by atoms with Crippen molar-refractivity contribution in [1.29, 1.82) is 0 Å². The molecule has 4 nitrogen and oxygen atoms in total. The van der Waals surface area contributed by atoms with Gasteiger partial charge in [0.25, 0.3) is 0 Å². The van der Waals surface area contributed by atoms with Crippen molar-refractivity contribution in [3.63, 3.8) is 0 Å². The lowest BCUT2D eigenvalue weighted by Gasteiger charge is -2.43. The monoisotopic (exact) mass is 262 g/mol. The maximum atomic E-state index is 10.9. The number of hydrogen-bond donors (Lipinski definition) is 1. The van der Waals surface area contributed by atoms with Crippen molar-refractivity contribution in [1.82, 2.24) is 9.80 Å². The van der Waals surface area contributed by atoms with Gasteiger partial charge < -0.3 is 10.0 Å². The maximum absolute atomic E-state index is 10.9. The topological polar surface area (TPSA) is 43.8 Å². The number of benzene rings is 1. The first-order valence-electron chi connectivity index (χ1n) is 6.76. The third-order valence-corrected chi connectivity index (χ3v) is 3.88. The molecule has 1 N–H and O–H groups in total. The lowest BCUT2D eigenvalue weighted by atomic mass is 10.0. The van der Waals surface area contributed by atoms with Crippen LogP contribution < -0.4 is 0 Å². The van der Waals surface area contributed by atoms with Gasteiger partial charge in [0.2, 0.25) is 0 Å². The minimum absolute atomic E-state index is 0.109. The van der Waals surface area contributed by atoms with E-state index in [0.29, 0.717) is 6.04 Å². The molecule has 19 heavy (non-hydrogen) atoms. The predicted octanol–water partition coefficient (Wildman–Crippen LogP) is 1.67. The van der Waals surface area contributed by atoms with E-state index in [1.807, 2.05) is 25.2 Å². The number of carbonyl (C=O) groups is 1. The number of hydrogen-bond acceptors (Lipinski definition) is 3. The number of carboxylic acid groups (broad SMARTS) is 1. The first-order chi connectivity index (χ1) is 9.06. The summed E-state index contributed by atoms with van der Waals surface area (Å²) in [6.45, 7) is 4.84. The van der Waals surface area contributed by atoms with Crippen LogP contribution in [0.3, 0.4) is 0 Å². The molecule has 1 aromatic carbocycles. The summed E-state index contributed by atoms with van der Waals surface area (Å²) in [6.07, 6.45) is 0.217.